The molecule has 19 heavy (non-hydrogen) atoms. The van der Waals surface area contributed by atoms with Crippen molar-refractivity contribution >= 4 is 14.4 Å². The molecule has 1 aliphatic heterocycles. The van der Waals surface area contributed by atoms with Crippen molar-refractivity contribution in [2.45, 2.75) is 58.0 Å². The standard InChI is InChI=1S/C13H28N2O3Si/c1-5-14-11-9-15(13(16)17)10-12(11)18-19(6-2,7-3)8-4/h11-12,14H,5-10H2,1-4H3,(H,16,17)/t11-,12-/m0/s1. The maximum absolute atomic E-state index is 11.1. The number of hydrogen-bond donors (Lipinski definition) is 2. The van der Waals surface area contributed by atoms with Crippen LogP contribution in [0.2, 0.25) is 18.1 Å². The first-order chi connectivity index (χ1) is 9.01. The number of nitrogens with one attached hydrogen (secondary N) is 1. The van der Waals surface area contributed by atoms with Gasteiger partial charge in [-0.15, -0.1) is 0 Å². The Morgan fingerprint density at radius 2 is 1.84 bits per heavy atom. The summed E-state index contributed by atoms with van der Waals surface area (Å²) in [6, 6.07) is 3.44. The third-order valence-corrected chi connectivity index (χ3v) is 9.01. The Balaban J connectivity index is 2.75. The second-order valence-corrected chi connectivity index (χ2v) is 9.97. The lowest BCUT2D eigenvalue weighted by Crippen LogP contribution is -2.48. The number of amides is 1. The van der Waals surface area contributed by atoms with Crippen LogP contribution in [0.5, 0.6) is 0 Å². The van der Waals surface area contributed by atoms with Gasteiger partial charge in [0.2, 0.25) is 0 Å². The van der Waals surface area contributed by atoms with E-state index in [0.29, 0.717) is 13.1 Å². The van der Waals surface area contributed by atoms with Crippen molar-refractivity contribution in [2.75, 3.05) is 19.6 Å². The van der Waals surface area contributed by atoms with Gasteiger partial charge in [-0.1, -0.05) is 27.7 Å². The lowest BCUT2D eigenvalue weighted by atomic mass is 10.2. The Labute approximate surface area is 117 Å². The van der Waals surface area contributed by atoms with Crippen LogP contribution < -0.4 is 5.32 Å². The number of rotatable bonds is 7. The van der Waals surface area contributed by atoms with Crippen molar-refractivity contribution in [3.05, 3.63) is 0 Å². The van der Waals surface area contributed by atoms with Crippen LogP contribution in [0.3, 0.4) is 0 Å². The predicted octanol–water partition coefficient (Wildman–Crippen LogP) is 2.35. The fourth-order valence-corrected chi connectivity index (χ4v) is 5.71. The topological polar surface area (TPSA) is 61.8 Å². The normalized spacial score (nSPS) is 23.9. The molecule has 112 valence electrons. The van der Waals surface area contributed by atoms with Crippen LogP contribution in [0.4, 0.5) is 4.79 Å². The molecule has 0 spiro atoms. The molecule has 0 radical (unpaired) electrons. The fourth-order valence-electron chi connectivity index (χ4n) is 2.83. The van der Waals surface area contributed by atoms with Gasteiger partial charge in [-0.25, -0.2) is 4.79 Å². The molecule has 0 aromatic rings. The maximum atomic E-state index is 11.1. The van der Waals surface area contributed by atoms with Gasteiger partial charge in [0.1, 0.15) is 0 Å². The fraction of sp³-hybridized carbons (Fsp3) is 0.923. The first-order valence-corrected chi connectivity index (χ1v) is 9.93. The van der Waals surface area contributed by atoms with Gasteiger partial charge in [-0.05, 0) is 24.7 Å². The molecular formula is C13H28N2O3Si. The van der Waals surface area contributed by atoms with Crippen molar-refractivity contribution in [3.63, 3.8) is 0 Å². The van der Waals surface area contributed by atoms with Gasteiger partial charge < -0.3 is 19.7 Å². The molecule has 1 aliphatic rings. The van der Waals surface area contributed by atoms with Crippen molar-refractivity contribution in [3.8, 4) is 0 Å². The van der Waals surface area contributed by atoms with Crippen molar-refractivity contribution < 1.29 is 14.3 Å². The number of nitrogens with zero attached hydrogens (tertiary/aromatic N) is 1. The Morgan fingerprint density at radius 1 is 1.26 bits per heavy atom. The highest BCUT2D eigenvalue weighted by Crippen LogP contribution is 2.27. The second-order valence-electron chi connectivity index (χ2n) is 5.25. The van der Waals surface area contributed by atoms with E-state index in [0.717, 1.165) is 24.7 Å². The van der Waals surface area contributed by atoms with Gasteiger partial charge >= 0.3 is 6.09 Å². The minimum atomic E-state index is -1.68. The first-order valence-electron chi connectivity index (χ1n) is 7.40. The smallest absolute Gasteiger partial charge is 0.407 e. The molecule has 0 unspecified atom stereocenters. The Bertz CT molecular complexity index is 289. The van der Waals surface area contributed by atoms with Crippen molar-refractivity contribution in [1.29, 1.82) is 0 Å². The summed E-state index contributed by atoms with van der Waals surface area (Å²) in [5.74, 6) is 0. The van der Waals surface area contributed by atoms with Crippen LogP contribution in [0.1, 0.15) is 27.7 Å². The number of likely N-dealkylation sites (N-methyl/N-ethyl adjacent to an activating group) is 1. The second kappa shape index (κ2) is 7.26. The molecule has 1 fully saturated rings. The van der Waals surface area contributed by atoms with Gasteiger partial charge in [0.15, 0.2) is 8.32 Å². The predicted molar refractivity (Wildman–Crippen MR) is 79.1 cm³/mol. The molecule has 2 atom stereocenters. The van der Waals surface area contributed by atoms with E-state index < -0.39 is 14.4 Å². The van der Waals surface area contributed by atoms with Crippen molar-refractivity contribution in [1.82, 2.24) is 10.2 Å². The van der Waals surface area contributed by atoms with E-state index in [2.05, 4.69) is 26.1 Å². The molecule has 0 saturated carbocycles. The Kier molecular flexibility index (Phi) is 6.29. The number of hydrogen-bond acceptors (Lipinski definition) is 3. The van der Waals surface area contributed by atoms with Gasteiger partial charge in [-0.3, -0.25) is 0 Å². The van der Waals surface area contributed by atoms with Crippen LogP contribution >= 0.6 is 0 Å². The summed E-state index contributed by atoms with van der Waals surface area (Å²) in [5, 5.41) is 12.5. The lowest BCUT2D eigenvalue weighted by molar-refractivity contribution is 0.141. The van der Waals surface area contributed by atoms with Crippen LogP contribution in [-0.2, 0) is 4.43 Å². The Hall–Kier alpha value is -0.593. The zero-order valence-corrected chi connectivity index (χ0v) is 13.6. The molecule has 1 saturated heterocycles. The van der Waals surface area contributed by atoms with E-state index >= 15 is 0 Å². The number of carboxylic acid groups (broad SMARTS) is 1. The molecule has 6 heteroatoms. The minimum Gasteiger partial charge on any atom is -0.465 e. The number of likely N-dealkylation sites (tertiary alicyclic amines) is 1. The van der Waals surface area contributed by atoms with Crippen LogP contribution in [-0.4, -0.2) is 56.2 Å². The molecule has 1 amide bonds. The summed E-state index contributed by atoms with van der Waals surface area (Å²) >= 11 is 0. The first kappa shape index (κ1) is 16.5. The monoisotopic (exact) mass is 288 g/mol. The summed E-state index contributed by atoms with van der Waals surface area (Å²) in [6.45, 7) is 10.5. The van der Waals surface area contributed by atoms with Crippen molar-refractivity contribution in [2.24, 2.45) is 0 Å². The highest BCUT2D eigenvalue weighted by Gasteiger charge is 2.40. The molecule has 5 nitrogen and oxygen atoms in total. The minimum absolute atomic E-state index is 0.0163. The van der Waals surface area contributed by atoms with Crippen LogP contribution in [0.15, 0.2) is 0 Å². The van der Waals surface area contributed by atoms with E-state index in [1.807, 2.05) is 6.92 Å². The summed E-state index contributed by atoms with van der Waals surface area (Å²) in [4.78, 5) is 12.6. The molecule has 0 aromatic heterocycles. The Morgan fingerprint density at radius 3 is 2.26 bits per heavy atom. The SMILES string of the molecule is CCN[C@H]1CN(C(=O)O)C[C@@H]1O[Si](CC)(CC)CC. The molecule has 1 rings (SSSR count). The van der Waals surface area contributed by atoms with Crippen LogP contribution in [0, 0.1) is 0 Å². The molecule has 0 aromatic carbocycles. The average molecular weight is 288 g/mol. The van der Waals surface area contributed by atoms with E-state index in [1.165, 1.54) is 4.90 Å². The van der Waals surface area contributed by atoms with E-state index in [4.69, 9.17) is 9.53 Å². The molecule has 2 N–H and O–H groups in total. The van der Waals surface area contributed by atoms with E-state index in [-0.39, 0.29) is 12.1 Å². The summed E-state index contributed by atoms with van der Waals surface area (Å²) < 4.78 is 6.46. The maximum Gasteiger partial charge on any atom is 0.407 e. The molecule has 0 bridgehead atoms. The molecular weight excluding hydrogens is 260 g/mol. The van der Waals surface area contributed by atoms with Crippen LogP contribution in [0.25, 0.3) is 0 Å². The van der Waals surface area contributed by atoms with Gasteiger partial charge in [-0.2, -0.15) is 0 Å². The zero-order chi connectivity index (χ0) is 14.5. The largest absolute Gasteiger partial charge is 0.465 e. The van der Waals surface area contributed by atoms with Gasteiger partial charge in [0.25, 0.3) is 0 Å². The average Bonchev–Trinajstić information content (AvgIpc) is 2.80. The highest BCUT2D eigenvalue weighted by atomic mass is 28.4. The third-order valence-electron chi connectivity index (χ3n) is 4.34. The quantitative estimate of drug-likeness (QED) is 0.706. The van der Waals surface area contributed by atoms with Gasteiger partial charge in [0.05, 0.1) is 18.7 Å². The van der Waals surface area contributed by atoms with E-state index in [1.54, 1.807) is 0 Å². The van der Waals surface area contributed by atoms with E-state index in [9.17, 15) is 4.79 Å². The molecule has 0 aliphatic carbocycles. The third kappa shape index (κ3) is 3.93. The summed E-state index contributed by atoms with van der Waals surface area (Å²) in [7, 11) is -1.68. The van der Waals surface area contributed by atoms with Gasteiger partial charge in [0, 0.05) is 6.54 Å². The summed E-state index contributed by atoms with van der Waals surface area (Å²) in [6.07, 6.45) is -0.826. The zero-order valence-electron chi connectivity index (χ0n) is 12.6. The summed E-state index contributed by atoms with van der Waals surface area (Å²) in [5.41, 5.74) is 0. The molecule has 1 heterocycles. The number of carbonyl (C=O) groups is 1. The lowest BCUT2D eigenvalue weighted by Gasteiger charge is -2.33. The highest BCUT2D eigenvalue weighted by molar-refractivity contribution is 6.73.